The van der Waals surface area contributed by atoms with Gasteiger partial charge in [-0.05, 0) is 48.4 Å². The predicted molar refractivity (Wildman–Crippen MR) is 70.8 cm³/mol. The van der Waals surface area contributed by atoms with E-state index in [2.05, 4.69) is 23.0 Å². The molecule has 0 radical (unpaired) electrons. The fourth-order valence-electron chi connectivity index (χ4n) is 3.23. The van der Waals surface area contributed by atoms with Gasteiger partial charge in [0.1, 0.15) is 5.75 Å². The van der Waals surface area contributed by atoms with Crippen molar-refractivity contribution in [2.75, 3.05) is 0 Å². The van der Waals surface area contributed by atoms with Crippen LogP contribution in [0.2, 0.25) is 0 Å². The number of phenols is 1. The topological polar surface area (TPSA) is 48.9 Å². The Labute approximate surface area is 107 Å². The third kappa shape index (κ3) is 1.80. The van der Waals surface area contributed by atoms with Gasteiger partial charge in [0.25, 0.3) is 0 Å². The Morgan fingerprint density at radius 2 is 2.39 bits per heavy atom. The number of hydrogen-bond acceptors (Lipinski definition) is 2. The molecule has 94 valence electrons. The molecule has 0 amide bonds. The van der Waals surface area contributed by atoms with E-state index in [0.717, 1.165) is 19.3 Å². The highest BCUT2D eigenvalue weighted by Crippen LogP contribution is 2.44. The van der Waals surface area contributed by atoms with Crippen molar-refractivity contribution in [1.82, 2.24) is 9.97 Å². The SMILES string of the molecule is CCC(c1cnc[nH]1)C1CCc2ccc(O)cc21. The Kier molecular flexibility index (Phi) is 2.82. The lowest BCUT2D eigenvalue weighted by Crippen LogP contribution is -2.08. The molecule has 0 fully saturated rings. The number of aromatic amines is 1. The van der Waals surface area contributed by atoms with Crippen LogP contribution in [0.4, 0.5) is 0 Å². The number of H-pyrrole nitrogens is 1. The number of imidazole rings is 1. The average Bonchev–Trinajstić information content (AvgIpc) is 3.01. The quantitative estimate of drug-likeness (QED) is 0.867. The standard InChI is InChI=1S/C15H18N2O/c1-2-12(15-8-16-9-17-15)13-6-4-10-3-5-11(18)7-14(10)13/h3,5,7-9,12-13,18H,2,4,6H2,1H3,(H,16,17). The molecule has 0 spiro atoms. The van der Waals surface area contributed by atoms with Crippen LogP contribution in [0.5, 0.6) is 5.75 Å². The first-order valence-electron chi connectivity index (χ1n) is 6.59. The van der Waals surface area contributed by atoms with Crippen molar-refractivity contribution in [3.8, 4) is 5.75 Å². The molecular formula is C15H18N2O. The third-order valence-electron chi connectivity index (χ3n) is 4.10. The zero-order valence-corrected chi connectivity index (χ0v) is 10.6. The summed E-state index contributed by atoms with van der Waals surface area (Å²) in [6, 6.07) is 5.79. The van der Waals surface area contributed by atoms with E-state index in [4.69, 9.17) is 0 Å². The number of rotatable bonds is 3. The van der Waals surface area contributed by atoms with E-state index in [1.165, 1.54) is 16.8 Å². The van der Waals surface area contributed by atoms with E-state index in [1.54, 1.807) is 12.4 Å². The van der Waals surface area contributed by atoms with Gasteiger partial charge < -0.3 is 10.1 Å². The van der Waals surface area contributed by atoms with Gasteiger partial charge in [0.05, 0.1) is 6.33 Å². The van der Waals surface area contributed by atoms with Crippen LogP contribution in [0, 0.1) is 0 Å². The van der Waals surface area contributed by atoms with E-state index in [-0.39, 0.29) is 0 Å². The smallest absolute Gasteiger partial charge is 0.115 e. The number of fused-ring (bicyclic) bond motifs is 1. The van der Waals surface area contributed by atoms with Gasteiger partial charge in [-0.1, -0.05) is 13.0 Å². The second kappa shape index (κ2) is 4.48. The van der Waals surface area contributed by atoms with E-state index in [0.29, 0.717) is 17.6 Å². The highest BCUT2D eigenvalue weighted by atomic mass is 16.3. The zero-order valence-electron chi connectivity index (χ0n) is 10.6. The Morgan fingerprint density at radius 3 is 3.11 bits per heavy atom. The molecule has 2 atom stereocenters. The first-order valence-corrected chi connectivity index (χ1v) is 6.59. The predicted octanol–water partition coefficient (Wildman–Crippen LogP) is 3.34. The van der Waals surface area contributed by atoms with Gasteiger partial charge in [-0.3, -0.25) is 0 Å². The molecule has 1 heterocycles. The summed E-state index contributed by atoms with van der Waals surface area (Å²) in [5.74, 6) is 1.34. The largest absolute Gasteiger partial charge is 0.508 e. The summed E-state index contributed by atoms with van der Waals surface area (Å²) in [5.41, 5.74) is 3.91. The highest BCUT2D eigenvalue weighted by Gasteiger charge is 2.30. The fourth-order valence-corrected chi connectivity index (χ4v) is 3.23. The maximum atomic E-state index is 9.68. The molecule has 3 rings (SSSR count). The van der Waals surface area contributed by atoms with Crippen molar-refractivity contribution < 1.29 is 5.11 Å². The van der Waals surface area contributed by atoms with Gasteiger partial charge in [-0.25, -0.2) is 4.98 Å². The average molecular weight is 242 g/mol. The molecule has 1 aliphatic rings. The Bertz CT molecular complexity index is 533. The van der Waals surface area contributed by atoms with Crippen LogP contribution in [-0.2, 0) is 6.42 Å². The molecule has 1 aliphatic carbocycles. The van der Waals surface area contributed by atoms with Crippen molar-refractivity contribution in [1.29, 1.82) is 0 Å². The van der Waals surface area contributed by atoms with Crippen molar-refractivity contribution in [2.24, 2.45) is 0 Å². The number of phenolic OH excluding ortho intramolecular Hbond substituents is 1. The number of aryl methyl sites for hydroxylation is 1. The van der Waals surface area contributed by atoms with Crippen molar-refractivity contribution >= 4 is 0 Å². The molecule has 0 saturated carbocycles. The van der Waals surface area contributed by atoms with Crippen LogP contribution >= 0.6 is 0 Å². The monoisotopic (exact) mass is 242 g/mol. The molecule has 18 heavy (non-hydrogen) atoms. The minimum absolute atomic E-state index is 0.375. The summed E-state index contributed by atoms with van der Waals surface area (Å²) in [6.07, 6.45) is 7.04. The minimum Gasteiger partial charge on any atom is -0.508 e. The lowest BCUT2D eigenvalue weighted by atomic mass is 9.83. The lowest BCUT2D eigenvalue weighted by Gasteiger charge is -2.22. The summed E-state index contributed by atoms with van der Waals surface area (Å²) in [5, 5.41) is 9.68. The number of nitrogens with one attached hydrogen (secondary N) is 1. The van der Waals surface area contributed by atoms with Crippen LogP contribution < -0.4 is 0 Å². The number of aromatic hydroxyl groups is 1. The lowest BCUT2D eigenvalue weighted by molar-refractivity contribution is 0.470. The molecule has 1 aromatic carbocycles. The number of hydrogen-bond donors (Lipinski definition) is 2. The molecule has 2 aromatic rings. The normalized spacial score (nSPS) is 19.7. The van der Waals surface area contributed by atoms with Crippen LogP contribution in [-0.4, -0.2) is 15.1 Å². The van der Waals surface area contributed by atoms with Gasteiger partial charge in [0, 0.05) is 17.8 Å². The second-order valence-corrected chi connectivity index (χ2v) is 5.05. The third-order valence-corrected chi connectivity index (χ3v) is 4.10. The molecule has 3 nitrogen and oxygen atoms in total. The maximum absolute atomic E-state index is 9.68. The second-order valence-electron chi connectivity index (χ2n) is 5.05. The molecule has 3 heteroatoms. The first-order chi connectivity index (χ1) is 8.79. The molecule has 0 bridgehead atoms. The molecule has 0 aliphatic heterocycles. The minimum atomic E-state index is 0.375. The Balaban J connectivity index is 1.97. The molecule has 2 unspecified atom stereocenters. The molecular weight excluding hydrogens is 224 g/mol. The van der Waals surface area contributed by atoms with E-state index in [1.807, 2.05) is 12.3 Å². The molecule has 1 aromatic heterocycles. The summed E-state index contributed by atoms with van der Waals surface area (Å²) >= 11 is 0. The van der Waals surface area contributed by atoms with Crippen LogP contribution in [0.25, 0.3) is 0 Å². The summed E-state index contributed by atoms with van der Waals surface area (Å²) in [4.78, 5) is 7.37. The zero-order chi connectivity index (χ0) is 12.5. The van der Waals surface area contributed by atoms with E-state index >= 15 is 0 Å². The van der Waals surface area contributed by atoms with Gasteiger partial charge in [0.15, 0.2) is 0 Å². The molecule has 0 saturated heterocycles. The number of nitrogens with zero attached hydrogens (tertiary/aromatic N) is 1. The molecule has 2 N–H and O–H groups in total. The first kappa shape index (κ1) is 11.3. The van der Waals surface area contributed by atoms with Gasteiger partial charge in [-0.2, -0.15) is 0 Å². The fraction of sp³-hybridized carbons (Fsp3) is 0.400. The Morgan fingerprint density at radius 1 is 1.50 bits per heavy atom. The van der Waals surface area contributed by atoms with Crippen molar-refractivity contribution in [3.05, 3.63) is 47.5 Å². The van der Waals surface area contributed by atoms with E-state index < -0.39 is 0 Å². The van der Waals surface area contributed by atoms with Crippen LogP contribution in [0.1, 0.15) is 48.4 Å². The van der Waals surface area contributed by atoms with Crippen LogP contribution in [0.3, 0.4) is 0 Å². The van der Waals surface area contributed by atoms with E-state index in [9.17, 15) is 5.11 Å². The van der Waals surface area contributed by atoms with Gasteiger partial charge in [0.2, 0.25) is 0 Å². The number of aromatic nitrogens is 2. The van der Waals surface area contributed by atoms with Gasteiger partial charge >= 0.3 is 0 Å². The highest BCUT2D eigenvalue weighted by molar-refractivity contribution is 5.42. The summed E-state index contributed by atoms with van der Waals surface area (Å²) in [6.45, 7) is 2.21. The summed E-state index contributed by atoms with van der Waals surface area (Å²) < 4.78 is 0. The summed E-state index contributed by atoms with van der Waals surface area (Å²) in [7, 11) is 0. The van der Waals surface area contributed by atoms with Crippen molar-refractivity contribution in [2.45, 2.75) is 38.0 Å². The van der Waals surface area contributed by atoms with Crippen LogP contribution in [0.15, 0.2) is 30.7 Å². The maximum Gasteiger partial charge on any atom is 0.115 e. The van der Waals surface area contributed by atoms with Crippen molar-refractivity contribution in [3.63, 3.8) is 0 Å². The Hall–Kier alpha value is -1.77. The number of benzene rings is 1. The van der Waals surface area contributed by atoms with Gasteiger partial charge in [-0.15, -0.1) is 0 Å².